The number of aliphatic imine (C=N–C) groups is 1. The van der Waals surface area contributed by atoms with Gasteiger partial charge in [-0.2, -0.15) is 0 Å². The van der Waals surface area contributed by atoms with Crippen LogP contribution in [0, 0.1) is 5.92 Å². The monoisotopic (exact) mass is 1080 g/mol. The molecule has 76 heavy (non-hydrogen) atoms. The normalized spacial score (nSPS) is 14.9. The Morgan fingerprint density at radius 2 is 1.07 bits per heavy atom. The van der Waals surface area contributed by atoms with Crippen molar-refractivity contribution in [1.82, 2.24) is 57.8 Å². The lowest BCUT2D eigenvalue weighted by molar-refractivity contribution is -0.142. The molecule has 32 nitrogen and oxygen atoms in total. The lowest BCUT2D eigenvalue weighted by atomic mass is 10.0. The number of amides is 11. The first-order valence-electron chi connectivity index (χ1n) is 24.2. The second-order valence-corrected chi connectivity index (χ2v) is 18.1. The van der Waals surface area contributed by atoms with Crippen LogP contribution in [0.1, 0.15) is 91.7 Å². The fourth-order valence-corrected chi connectivity index (χ4v) is 6.74. The van der Waals surface area contributed by atoms with Gasteiger partial charge in [-0.15, -0.1) is 0 Å². The number of carboxylic acids is 1. The highest BCUT2D eigenvalue weighted by atomic mass is 16.4. The SMILES string of the molecule is CC(C)[C@H](NC(=O)[C@H](C)NC(=O)[C@H](C)N)C(=O)N[C@@H](CC(N)=O)C(=O)N[C@@H](Cc1cnc[nH]1)C(=O)N[C@@H](CCC(N)=O)C(=O)N[C@@H](CCCN=C(N)N)C(=O)N[C@@H](CCCCN)C(=O)N[C@@H](CO)C(=O)N[C@@H](C)C(=O)O. The van der Waals surface area contributed by atoms with Crippen LogP contribution in [0.3, 0.4) is 0 Å². The molecular formula is C44H76N18O14. The number of H-pyrrole nitrogens is 1. The minimum absolute atomic E-state index is 0.0319. The highest BCUT2D eigenvalue weighted by molar-refractivity contribution is 5.99. The van der Waals surface area contributed by atoms with Crippen molar-refractivity contribution in [2.45, 2.75) is 153 Å². The molecule has 0 aromatic carbocycles. The number of guanidine groups is 1. The van der Waals surface area contributed by atoms with Crippen LogP contribution in [0.5, 0.6) is 0 Å². The summed E-state index contributed by atoms with van der Waals surface area (Å²) in [4.78, 5) is 168. The van der Waals surface area contributed by atoms with Gasteiger partial charge in [0.2, 0.25) is 65.0 Å². The quantitative estimate of drug-likeness (QED) is 0.0169. The maximum absolute atomic E-state index is 14.3. The summed E-state index contributed by atoms with van der Waals surface area (Å²) in [7, 11) is 0. The van der Waals surface area contributed by atoms with Gasteiger partial charge >= 0.3 is 5.97 Å². The number of hydrogen-bond acceptors (Lipinski definition) is 17. The number of aliphatic carboxylic acids is 1. The molecule has 11 amide bonds. The molecule has 0 bridgehead atoms. The Morgan fingerprint density at radius 3 is 1.54 bits per heavy atom. The van der Waals surface area contributed by atoms with Crippen LogP contribution in [0.25, 0.3) is 0 Å². The minimum atomic E-state index is -1.77. The van der Waals surface area contributed by atoms with Crippen molar-refractivity contribution in [1.29, 1.82) is 0 Å². The van der Waals surface area contributed by atoms with Crippen LogP contribution in [-0.4, -0.2) is 177 Å². The second kappa shape index (κ2) is 33.7. The smallest absolute Gasteiger partial charge is 0.325 e. The summed E-state index contributed by atoms with van der Waals surface area (Å²) in [6.07, 6.45) is 0.744. The number of nitrogens with zero attached hydrogens (tertiary/aromatic N) is 2. The molecular weight excluding hydrogens is 1000 g/mol. The number of carbonyl (C=O) groups excluding carboxylic acids is 11. The summed E-state index contributed by atoms with van der Waals surface area (Å²) in [5.41, 5.74) is 33.3. The summed E-state index contributed by atoms with van der Waals surface area (Å²) in [6.45, 7) is 6.17. The van der Waals surface area contributed by atoms with Gasteiger partial charge in [-0.1, -0.05) is 13.8 Å². The Bertz CT molecular complexity index is 2190. The van der Waals surface area contributed by atoms with Crippen LogP contribution in [0.15, 0.2) is 17.5 Å². The predicted molar refractivity (Wildman–Crippen MR) is 269 cm³/mol. The molecule has 0 saturated heterocycles. The lowest BCUT2D eigenvalue weighted by Crippen LogP contribution is -2.61. The molecule has 1 aromatic heterocycles. The number of nitrogens with two attached hydrogens (primary N) is 6. The van der Waals surface area contributed by atoms with Gasteiger partial charge in [0.05, 0.1) is 25.4 Å². The third-order valence-corrected chi connectivity index (χ3v) is 11.1. The molecule has 10 atom stereocenters. The Balaban J connectivity index is 3.61. The third-order valence-electron chi connectivity index (χ3n) is 11.1. The van der Waals surface area contributed by atoms with Crippen LogP contribution in [-0.2, 0) is 64.0 Å². The molecule has 0 fully saturated rings. The number of aromatic amines is 1. The summed E-state index contributed by atoms with van der Waals surface area (Å²) in [6, 6.07) is -14.6. The number of imidazole rings is 1. The third kappa shape index (κ3) is 24.8. The van der Waals surface area contributed by atoms with E-state index in [1.165, 1.54) is 26.4 Å². The fraction of sp³-hybridized carbons (Fsp3) is 0.636. The average Bonchev–Trinajstić information content (AvgIpc) is 3.86. The van der Waals surface area contributed by atoms with Crippen molar-refractivity contribution in [3.05, 3.63) is 18.2 Å². The van der Waals surface area contributed by atoms with E-state index in [0.717, 1.165) is 6.92 Å². The summed E-state index contributed by atoms with van der Waals surface area (Å²) in [5, 5.41) is 40.6. The van der Waals surface area contributed by atoms with Gasteiger partial charge in [0.15, 0.2) is 5.96 Å². The predicted octanol–water partition coefficient (Wildman–Crippen LogP) is -8.24. The van der Waals surface area contributed by atoms with E-state index in [2.05, 4.69) is 62.8 Å². The number of rotatable bonds is 36. The van der Waals surface area contributed by atoms with E-state index in [1.54, 1.807) is 13.8 Å². The highest BCUT2D eigenvalue weighted by Crippen LogP contribution is 2.10. The van der Waals surface area contributed by atoms with Gasteiger partial charge < -0.3 is 97.5 Å². The Labute approximate surface area is 437 Å². The number of aliphatic hydroxyl groups excluding tert-OH is 1. The zero-order valence-electron chi connectivity index (χ0n) is 43.1. The molecule has 0 aliphatic rings. The molecule has 32 heteroatoms. The topological polar surface area (TPSA) is 551 Å². The van der Waals surface area contributed by atoms with Gasteiger partial charge in [-0.05, 0) is 71.8 Å². The van der Waals surface area contributed by atoms with Crippen molar-refractivity contribution in [3.63, 3.8) is 0 Å². The number of carbonyl (C=O) groups is 12. The number of nitrogens with one attached hydrogen (secondary N) is 10. The number of aromatic nitrogens is 2. The first kappa shape index (κ1) is 66.0. The Morgan fingerprint density at radius 1 is 0.579 bits per heavy atom. The van der Waals surface area contributed by atoms with Crippen LogP contribution < -0.4 is 82.3 Å². The Hall–Kier alpha value is -8.00. The molecule has 0 unspecified atom stereocenters. The number of aliphatic hydroxyl groups is 1. The largest absolute Gasteiger partial charge is 0.480 e. The second-order valence-electron chi connectivity index (χ2n) is 18.1. The van der Waals surface area contributed by atoms with Gasteiger partial charge in [0.25, 0.3) is 0 Å². The molecule has 0 aliphatic carbocycles. The average molecular weight is 1080 g/mol. The first-order chi connectivity index (χ1) is 35.6. The van der Waals surface area contributed by atoms with Crippen molar-refractivity contribution in [3.8, 4) is 0 Å². The van der Waals surface area contributed by atoms with E-state index >= 15 is 0 Å². The van der Waals surface area contributed by atoms with E-state index in [9.17, 15) is 67.7 Å². The van der Waals surface area contributed by atoms with E-state index in [4.69, 9.17) is 34.4 Å². The highest BCUT2D eigenvalue weighted by Gasteiger charge is 2.36. The zero-order chi connectivity index (χ0) is 57.8. The number of carboxylic acid groups (broad SMARTS) is 1. The van der Waals surface area contributed by atoms with E-state index < -0.39 is 163 Å². The number of primary amides is 2. The van der Waals surface area contributed by atoms with Gasteiger partial charge in [-0.3, -0.25) is 62.5 Å². The number of unbranched alkanes of at least 4 members (excludes halogenated alkanes) is 1. The molecule has 0 saturated carbocycles. The van der Waals surface area contributed by atoms with Crippen molar-refractivity contribution in [2.24, 2.45) is 45.3 Å². The van der Waals surface area contributed by atoms with Crippen LogP contribution >= 0.6 is 0 Å². The molecule has 0 aliphatic heterocycles. The minimum Gasteiger partial charge on any atom is -0.480 e. The van der Waals surface area contributed by atoms with Crippen LogP contribution in [0.2, 0.25) is 0 Å². The Kier molecular flexibility index (Phi) is 29.3. The van der Waals surface area contributed by atoms with Crippen molar-refractivity contribution >= 4 is 76.9 Å². The molecule has 1 rings (SSSR count). The van der Waals surface area contributed by atoms with Crippen molar-refractivity contribution in [2.75, 3.05) is 19.7 Å². The summed E-state index contributed by atoms with van der Waals surface area (Å²) >= 11 is 0. The number of hydrogen-bond donors (Lipinski definition) is 18. The molecule has 0 radical (unpaired) electrons. The standard InChI is InChI=1S/C44H76N18O14/c1-20(2)33(62-35(67)22(4)54-34(66)21(3)46)42(74)60-29(16-32(48)65)40(72)59-28(15-24-17-51-19-53-24)39(71)58-27(11-12-31(47)64)38(70)57-26(10-8-14-52-44(49)50)36(68)56-25(9-6-7-13-45)37(69)61-30(18-63)41(73)55-23(5)43(75)76/h17,19-23,25-30,33,63H,6-16,18,45-46H2,1-5H3,(H2,47,64)(H2,48,65)(H,51,53)(H,54,66)(H,55,73)(H,56,68)(H,57,70)(H,58,71)(H,59,72)(H,60,74)(H,61,69)(H,62,67)(H,75,76)(H4,49,50,52)/t21-,22-,23-,25-,26-,27-,28-,29-,30-,33-/m0/s1. The van der Waals surface area contributed by atoms with E-state index in [-0.39, 0.29) is 56.8 Å². The first-order valence-corrected chi connectivity index (χ1v) is 24.2. The maximum atomic E-state index is 14.3. The zero-order valence-corrected chi connectivity index (χ0v) is 43.1. The fourth-order valence-electron chi connectivity index (χ4n) is 6.74. The molecule has 1 heterocycles. The molecule has 1 aromatic rings. The lowest BCUT2D eigenvalue weighted by Gasteiger charge is -2.28. The van der Waals surface area contributed by atoms with Crippen LogP contribution in [0.4, 0.5) is 0 Å². The van der Waals surface area contributed by atoms with Gasteiger partial charge in [-0.25, -0.2) is 4.98 Å². The summed E-state index contributed by atoms with van der Waals surface area (Å²) in [5.74, 6) is -13.0. The van der Waals surface area contributed by atoms with Crippen molar-refractivity contribution < 1.29 is 67.7 Å². The molecule has 0 spiro atoms. The molecule has 426 valence electrons. The van der Waals surface area contributed by atoms with E-state index in [1.807, 2.05) is 0 Å². The maximum Gasteiger partial charge on any atom is 0.325 e. The summed E-state index contributed by atoms with van der Waals surface area (Å²) < 4.78 is 0. The van der Waals surface area contributed by atoms with Gasteiger partial charge in [0, 0.05) is 31.3 Å². The van der Waals surface area contributed by atoms with E-state index in [0.29, 0.717) is 6.42 Å². The molecule has 24 N–H and O–H groups in total. The van der Waals surface area contributed by atoms with Gasteiger partial charge in [0.1, 0.15) is 54.4 Å².